The highest BCUT2D eigenvalue weighted by Gasteiger charge is 2.32. The Morgan fingerprint density at radius 3 is 2.75 bits per heavy atom. The van der Waals surface area contributed by atoms with Crippen molar-refractivity contribution in [2.45, 2.75) is 56.9 Å². The molecule has 3 rings (SSSR count). The molecule has 2 fully saturated rings. The Labute approximate surface area is 178 Å². The molecule has 2 N–H and O–H groups in total. The molecule has 7 heteroatoms. The zero-order valence-corrected chi connectivity index (χ0v) is 19.0. The van der Waals surface area contributed by atoms with Crippen molar-refractivity contribution in [1.29, 1.82) is 0 Å². The van der Waals surface area contributed by atoms with Crippen LogP contribution in [0, 0.1) is 0 Å². The van der Waals surface area contributed by atoms with E-state index in [9.17, 15) is 0 Å². The van der Waals surface area contributed by atoms with Crippen LogP contribution in [-0.4, -0.2) is 66.8 Å². The number of aliphatic imine (C=N–C) groups is 1. The number of nitrogens with zero attached hydrogens (tertiary/aromatic N) is 2. The smallest absolute Gasteiger partial charge is 0.191 e. The van der Waals surface area contributed by atoms with Gasteiger partial charge in [0.2, 0.25) is 0 Å². The van der Waals surface area contributed by atoms with Crippen molar-refractivity contribution in [3.63, 3.8) is 0 Å². The molecule has 2 aliphatic heterocycles. The first kappa shape index (κ1) is 21.9. The van der Waals surface area contributed by atoms with Crippen LogP contribution in [0.4, 0.5) is 0 Å². The molecule has 0 amide bonds. The average molecular weight is 425 g/mol. The molecule has 0 atom stereocenters. The fourth-order valence-corrected chi connectivity index (χ4v) is 5.89. The molecule has 0 unspecified atom stereocenters. The van der Waals surface area contributed by atoms with E-state index >= 15 is 0 Å². The highest BCUT2D eigenvalue weighted by atomic mass is 32.2. The van der Waals surface area contributed by atoms with Gasteiger partial charge >= 0.3 is 0 Å². The molecule has 28 heavy (non-hydrogen) atoms. The summed E-state index contributed by atoms with van der Waals surface area (Å²) in [6, 6.07) is 2.76. The van der Waals surface area contributed by atoms with Crippen LogP contribution in [0.25, 0.3) is 0 Å². The number of hydrogen-bond donors (Lipinski definition) is 2. The monoisotopic (exact) mass is 424 g/mol. The molecule has 0 saturated carbocycles. The van der Waals surface area contributed by atoms with E-state index in [0.29, 0.717) is 6.04 Å². The molecule has 158 valence electrons. The van der Waals surface area contributed by atoms with Crippen molar-refractivity contribution in [3.8, 4) is 0 Å². The largest absolute Gasteiger partial charge is 0.381 e. The van der Waals surface area contributed by atoms with E-state index in [2.05, 4.69) is 58.0 Å². The Morgan fingerprint density at radius 2 is 2.11 bits per heavy atom. The second kappa shape index (κ2) is 11.4. The summed E-state index contributed by atoms with van der Waals surface area (Å²) in [7, 11) is 0. The molecular weight excluding hydrogens is 388 g/mol. The molecular formula is C21H36N4OS2. The third-order valence-corrected chi connectivity index (χ3v) is 7.81. The summed E-state index contributed by atoms with van der Waals surface area (Å²) in [5.74, 6) is 2.13. The van der Waals surface area contributed by atoms with Crippen molar-refractivity contribution in [3.05, 3.63) is 22.4 Å². The number of guanidine groups is 1. The van der Waals surface area contributed by atoms with E-state index < -0.39 is 0 Å². The summed E-state index contributed by atoms with van der Waals surface area (Å²) in [6.07, 6.45) is 4.57. The van der Waals surface area contributed by atoms with Gasteiger partial charge < -0.3 is 15.4 Å². The molecule has 0 bridgehead atoms. The summed E-state index contributed by atoms with van der Waals surface area (Å²) in [5, 5.41) is 11.6. The minimum absolute atomic E-state index is 0.249. The fourth-order valence-electron chi connectivity index (χ4n) is 4.01. The van der Waals surface area contributed by atoms with Gasteiger partial charge in [-0.05, 0) is 60.7 Å². The quantitative estimate of drug-likeness (QED) is 0.493. The Balaban J connectivity index is 1.50. The van der Waals surface area contributed by atoms with Crippen LogP contribution >= 0.6 is 23.1 Å². The number of likely N-dealkylation sites (tertiary alicyclic amines) is 1. The van der Waals surface area contributed by atoms with Gasteiger partial charge in [-0.15, -0.1) is 0 Å². The molecule has 3 heterocycles. The second-order valence-corrected chi connectivity index (χ2v) is 10.3. The van der Waals surface area contributed by atoms with Gasteiger partial charge in [-0.2, -0.15) is 23.1 Å². The van der Waals surface area contributed by atoms with Crippen LogP contribution in [0.3, 0.4) is 0 Å². The Morgan fingerprint density at radius 1 is 1.32 bits per heavy atom. The molecule has 2 saturated heterocycles. The van der Waals surface area contributed by atoms with Crippen molar-refractivity contribution in [1.82, 2.24) is 15.5 Å². The first-order chi connectivity index (χ1) is 13.7. The molecule has 0 radical (unpaired) electrons. The summed E-state index contributed by atoms with van der Waals surface area (Å²) >= 11 is 3.85. The predicted octanol–water partition coefficient (Wildman–Crippen LogP) is 3.57. The highest BCUT2D eigenvalue weighted by molar-refractivity contribution is 8.00. The lowest BCUT2D eigenvalue weighted by molar-refractivity contribution is 0.0793. The van der Waals surface area contributed by atoms with Gasteiger partial charge in [-0.25, -0.2) is 0 Å². The third-order valence-electron chi connectivity index (χ3n) is 5.64. The van der Waals surface area contributed by atoms with Crippen LogP contribution < -0.4 is 10.6 Å². The maximum atomic E-state index is 5.60. The summed E-state index contributed by atoms with van der Waals surface area (Å²) in [5.41, 5.74) is 1.45. The number of nitrogens with one attached hydrogen (secondary N) is 2. The number of piperidine rings is 1. The maximum Gasteiger partial charge on any atom is 0.191 e. The van der Waals surface area contributed by atoms with Crippen molar-refractivity contribution in [2.24, 2.45) is 4.99 Å². The fraction of sp³-hybridized carbons (Fsp3) is 0.762. The zero-order valence-electron chi connectivity index (χ0n) is 17.4. The molecule has 2 aliphatic rings. The summed E-state index contributed by atoms with van der Waals surface area (Å²) < 4.78 is 5.85. The molecule has 0 spiro atoms. The second-order valence-electron chi connectivity index (χ2n) is 7.75. The van der Waals surface area contributed by atoms with Crippen molar-refractivity contribution in [2.75, 3.05) is 45.1 Å². The normalized spacial score (nSPS) is 21.6. The van der Waals surface area contributed by atoms with Crippen LogP contribution in [0.1, 0.15) is 45.1 Å². The lowest BCUT2D eigenvalue weighted by atomic mass is 9.99. The lowest BCUT2D eigenvalue weighted by Crippen LogP contribution is -2.49. The third kappa shape index (κ3) is 6.65. The molecule has 1 aromatic rings. The lowest BCUT2D eigenvalue weighted by Gasteiger charge is -2.36. The Hall–Kier alpha value is -0.760. The number of thioether (sulfide) groups is 1. The van der Waals surface area contributed by atoms with Gasteiger partial charge in [0.25, 0.3) is 0 Å². The minimum Gasteiger partial charge on any atom is -0.381 e. The summed E-state index contributed by atoms with van der Waals surface area (Å²) in [6.45, 7) is 11.3. The minimum atomic E-state index is 0.249. The average Bonchev–Trinajstić information content (AvgIpc) is 3.22. The Bertz CT molecular complexity index is 574. The molecule has 5 nitrogen and oxygen atoms in total. The van der Waals surface area contributed by atoms with Crippen LogP contribution in [0.5, 0.6) is 0 Å². The van der Waals surface area contributed by atoms with Crippen LogP contribution in [0.15, 0.2) is 21.8 Å². The van der Waals surface area contributed by atoms with E-state index in [-0.39, 0.29) is 4.75 Å². The van der Waals surface area contributed by atoms with Gasteiger partial charge in [-0.1, -0.05) is 6.92 Å². The van der Waals surface area contributed by atoms with E-state index in [1.165, 1.54) is 18.4 Å². The van der Waals surface area contributed by atoms with E-state index in [4.69, 9.17) is 9.73 Å². The number of thiophene rings is 1. The highest BCUT2D eigenvalue weighted by Crippen LogP contribution is 2.35. The standard InChI is InChI=1S/C21H36N4OS2/c1-3-22-20(23-17-21(28-4-2)8-12-26-13-9-21)24-19-5-10-25(11-6-19)15-18-7-14-27-16-18/h7,14,16,19H,3-6,8-13,15,17H2,1-2H3,(H2,22,23,24). The van der Waals surface area contributed by atoms with E-state index in [0.717, 1.165) is 70.5 Å². The Kier molecular flexibility index (Phi) is 8.96. The zero-order chi connectivity index (χ0) is 19.7. The van der Waals surface area contributed by atoms with E-state index in [1.54, 1.807) is 11.3 Å². The topological polar surface area (TPSA) is 48.9 Å². The summed E-state index contributed by atoms with van der Waals surface area (Å²) in [4.78, 5) is 7.58. The molecule has 1 aromatic heterocycles. The van der Waals surface area contributed by atoms with Crippen LogP contribution in [-0.2, 0) is 11.3 Å². The van der Waals surface area contributed by atoms with Gasteiger partial charge in [0.05, 0.1) is 6.54 Å². The first-order valence-electron chi connectivity index (χ1n) is 10.7. The number of hydrogen-bond acceptors (Lipinski definition) is 5. The molecule has 0 aliphatic carbocycles. The maximum absolute atomic E-state index is 5.60. The van der Waals surface area contributed by atoms with Crippen molar-refractivity contribution >= 4 is 29.1 Å². The van der Waals surface area contributed by atoms with Crippen molar-refractivity contribution < 1.29 is 4.74 Å². The number of rotatable bonds is 8. The SMILES string of the molecule is CCNC(=NCC1(SCC)CCOCC1)NC1CCN(Cc2ccsc2)CC1. The first-order valence-corrected chi connectivity index (χ1v) is 12.7. The van der Waals surface area contributed by atoms with Crippen LogP contribution in [0.2, 0.25) is 0 Å². The van der Waals surface area contributed by atoms with Gasteiger partial charge in [0, 0.05) is 50.2 Å². The predicted molar refractivity (Wildman–Crippen MR) is 123 cm³/mol. The van der Waals surface area contributed by atoms with Gasteiger partial charge in [0.15, 0.2) is 5.96 Å². The van der Waals surface area contributed by atoms with Gasteiger partial charge in [0.1, 0.15) is 0 Å². The van der Waals surface area contributed by atoms with Gasteiger partial charge in [-0.3, -0.25) is 9.89 Å². The van der Waals surface area contributed by atoms with E-state index in [1.807, 2.05) is 0 Å². The number of ether oxygens (including phenoxy) is 1. The molecule has 0 aromatic carbocycles.